The fraction of sp³-hybridized carbons (Fsp3) is 0. The fourth-order valence-corrected chi connectivity index (χ4v) is 9.23. The molecule has 3 nitrogen and oxygen atoms in total. The lowest BCUT2D eigenvalue weighted by atomic mass is 9.98. The highest BCUT2D eigenvalue weighted by molar-refractivity contribution is 6.09. The van der Waals surface area contributed by atoms with Crippen molar-refractivity contribution in [1.82, 2.24) is 4.57 Å². The van der Waals surface area contributed by atoms with Gasteiger partial charge in [0.2, 0.25) is 0 Å². The minimum atomic E-state index is 0.879. The molecule has 2 aromatic heterocycles. The second-order valence-corrected chi connectivity index (χ2v) is 15.7. The number of hydrogen-bond acceptors (Lipinski definition) is 2. The van der Waals surface area contributed by atoms with Gasteiger partial charge in [-0.1, -0.05) is 158 Å². The summed E-state index contributed by atoms with van der Waals surface area (Å²) in [6.07, 6.45) is 0. The van der Waals surface area contributed by atoms with Crippen LogP contribution in [-0.2, 0) is 0 Å². The zero-order valence-corrected chi connectivity index (χ0v) is 33.2. The molecule has 0 aliphatic carbocycles. The van der Waals surface area contributed by atoms with E-state index in [1.807, 2.05) is 12.1 Å². The first kappa shape index (κ1) is 34.9. The minimum Gasteiger partial charge on any atom is -0.456 e. The van der Waals surface area contributed by atoms with E-state index in [-0.39, 0.29) is 0 Å². The van der Waals surface area contributed by atoms with Crippen LogP contribution in [0.3, 0.4) is 0 Å². The first-order valence-corrected chi connectivity index (χ1v) is 20.8. The Bertz CT molecular complexity index is 3540. The maximum atomic E-state index is 6.40. The predicted molar refractivity (Wildman–Crippen MR) is 257 cm³/mol. The number of nitrogens with zero attached hydrogens (tertiary/aromatic N) is 2. The molecule has 0 radical (unpaired) electrons. The Morgan fingerprint density at radius 3 is 1.67 bits per heavy atom. The van der Waals surface area contributed by atoms with Crippen LogP contribution >= 0.6 is 0 Å². The number of fused-ring (bicyclic) bond motifs is 7. The lowest BCUT2D eigenvalue weighted by Gasteiger charge is -2.28. The lowest BCUT2D eigenvalue weighted by Crippen LogP contribution is -2.11. The van der Waals surface area contributed by atoms with Crippen LogP contribution in [0.2, 0.25) is 0 Å². The third kappa shape index (κ3) is 5.98. The topological polar surface area (TPSA) is 21.3 Å². The van der Waals surface area contributed by atoms with Crippen molar-refractivity contribution in [2.24, 2.45) is 0 Å². The summed E-state index contributed by atoms with van der Waals surface area (Å²) >= 11 is 0. The minimum absolute atomic E-state index is 0.879. The number of rotatable bonds is 7. The molecule has 2 heterocycles. The van der Waals surface area contributed by atoms with E-state index in [9.17, 15) is 0 Å². The van der Waals surface area contributed by atoms with E-state index in [4.69, 9.17) is 4.42 Å². The van der Waals surface area contributed by atoms with Crippen LogP contribution in [0.4, 0.5) is 17.1 Å². The van der Waals surface area contributed by atoms with E-state index in [0.717, 1.165) is 61.4 Å². The average Bonchev–Trinajstić information content (AvgIpc) is 3.88. The van der Waals surface area contributed by atoms with E-state index >= 15 is 0 Å². The van der Waals surface area contributed by atoms with Gasteiger partial charge < -0.3 is 13.9 Å². The average molecular weight is 779 g/mol. The molecule has 0 aliphatic heterocycles. The van der Waals surface area contributed by atoms with Crippen molar-refractivity contribution in [3.8, 4) is 39.1 Å². The van der Waals surface area contributed by atoms with Crippen LogP contribution in [0.5, 0.6) is 0 Å². The zero-order valence-electron chi connectivity index (χ0n) is 33.2. The number of benzene rings is 10. The van der Waals surface area contributed by atoms with Crippen molar-refractivity contribution >= 4 is 71.6 Å². The molecular formula is C58H38N2O. The van der Waals surface area contributed by atoms with Crippen LogP contribution < -0.4 is 4.90 Å². The van der Waals surface area contributed by atoms with Crippen LogP contribution in [0.1, 0.15) is 0 Å². The van der Waals surface area contributed by atoms with E-state index in [2.05, 4.69) is 228 Å². The largest absolute Gasteiger partial charge is 0.456 e. The molecule has 0 saturated heterocycles. The Labute approximate surface area is 353 Å². The molecular weight excluding hydrogens is 741 g/mol. The smallest absolute Gasteiger partial charge is 0.136 e. The van der Waals surface area contributed by atoms with Crippen LogP contribution in [-0.4, -0.2) is 4.57 Å². The van der Waals surface area contributed by atoms with Gasteiger partial charge in [-0.2, -0.15) is 0 Å². The van der Waals surface area contributed by atoms with E-state index < -0.39 is 0 Å². The molecule has 12 aromatic rings. The second kappa shape index (κ2) is 14.3. The van der Waals surface area contributed by atoms with Crippen molar-refractivity contribution < 1.29 is 4.42 Å². The molecule has 3 heteroatoms. The van der Waals surface area contributed by atoms with Gasteiger partial charge >= 0.3 is 0 Å². The van der Waals surface area contributed by atoms with Crippen molar-refractivity contribution in [3.63, 3.8) is 0 Å². The Balaban J connectivity index is 0.980. The number of para-hydroxylation sites is 4. The number of aromatic nitrogens is 1. The van der Waals surface area contributed by atoms with Crippen LogP contribution in [0.25, 0.3) is 93.6 Å². The molecule has 0 spiro atoms. The summed E-state index contributed by atoms with van der Waals surface area (Å²) < 4.78 is 8.79. The molecule has 0 unspecified atom stereocenters. The van der Waals surface area contributed by atoms with Gasteiger partial charge in [-0.15, -0.1) is 0 Å². The molecule has 10 aromatic carbocycles. The summed E-state index contributed by atoms with van der Waals surface area (Å²) in [6, 6.07) is 83.0. The summed E-state index contributed by atoms with van der Waals surface area (Å²) in [4.78, 5) is 2.39. The molecule has 0 bridgehead atoms. The third-order valence-electron chi connectivity index (χ3n) is 12.2. The van der Waals surface area contributed by atoms with Gasteiger partial charge in [0.05, 0.1) is 16.7 Å². The first-order chi connectivity index (χ1) is 30.2. The summed E-state index contributed by atoms with van der Waals surface area (Å²) in [5.41, 5.74) is 15.4. The van der Waals surface area contributed by atoms with Crippen LogP contribution in [0.15, 0.2) is 235 Å². The van der Waals surface area contributed by atoms with Gasteiger partial charge in [-0.3, -0.25) is 0 Å². The Morgan fingerprint density at radius 2 is 0.902 bits per heavy atom. The van der Waals surface area contributed by atoms with Crippen LogP contribution in [0, 0.1) is 0 Å². The highest BCUT2D eigenvalue weighted by atomic mass is 16.3. The van der Waals surface area contributed by atoms with Gasteiger partial charge in [0.15, 0.2) is 0 Å². The lowest BCUT2D eigenvalue weighted by molar-refractivity contribution is 0.669. The zero-order chi connectivity index (χ0) is 40.3. The molecule has 0 amide bonds. The standard InChI is InChI=1S/C58H38N2O/c1-2-13-43-36-44(29-28-39(43)12-1)42-26-24-40(25-27-42)41-30-33-46(34-31-41)59(47-14-11-15-48(38-47)60-55-21-8-4-17-50(55)51-18-5-9-22-56(51)60)54-20-7-3-16-49(54)45-32-35-53-52-19-6-10-23-57(52)61-58(53)37-45/h1-38H. The number of hydrogen-bond donors (Lipinski definition) is 0. The molecule has 0 saturated carbocycles. The molecule has 61 heavy (non-hydrogen) atoms. The molecule has 0 atom stereocenters. The van der Waals surface area contributed by atoms with Gasteiger partial charge in [0.1, 0.15) is 11.2 Å². The van der Waals surface area contributed by atoms with Gasteiger partial charge in [0.25, 0.3) is 0 Å². The van der Waals surface area contributed by atoms with Crippen molar-refractivity contribution in [3.05, 3.63) is 231 Å². The van der Waals surface area contributed by atoms with Crippen molar-refractivity contribution in [1.29, 1.82) is 0 Å². The molecule has 0 N–H and O–H groups in total. The maximum Gasteiger partial charge on any atom is 0.136 e. The van der Waals surface area contributed by atoms with Gasteiger partial charge in [-0.25, -0.2) is 0 Å². The van der Waals surface area contributed by atoms with E-state index in [1.165, 1.54) is 49.3 Å². The van der Waals surface area contributed by atoms with E-state index in [0.29, 0.717) is 0 Å². The van der Waals surface area contributed by atoms with Gasteiger partial charge in [0, 0.05) is 44.2 Å². The highest BCUT2D eigenvalue weighted by Gasteiger charge is 2.20. The Hall–Kier alpha value is -8.14. The summed E-state index contributed by atoms with van der Waals surface area (Å²) in [5.74, 6) is 0. The number of furan rings is 1. The maximum absolute atomic E-state index is 6.40. The molecule has 0 fully saturated rings. The second-order valence-electron chi connectivity index (χ2n) is 15.7. The summed E-state index contributed by atoms with van der Waals surface area (Å²) in [5, 5.41) is 7.24. The quantitative estimate of drug-likeness (QED) is 0.161. The fourth-order valence-electron chi connectivity index (χ4n) is 9.23. The monoisotopic (exact) mass is 778 g/mol. The Morgan fingerprint density at radius 1 is 0.328 bits per heavy atom. The first-order valence-electron chi connectivity index (χ1n) is 20.8. The Kier molecular flexibility index (Phi) is 8.17. The molecule has 12 rings (SSSR count). The normalized spacial score (nSPS) is 11.6. The molecule has 0 aliphatic rings. The van der Waals surface area contributed by atoms with E-state index in [1.54, 1.807) is 0 Å². The van der Waals surface area contributed by atoms with Gasteiger partial charge in [-0.05, 0) is 111 Å². The summed E-state index contributed by atoms with van der Waals surface area (Å²) in [6.45, 7) is 0. The number of anilines is 3. The third-order valence-corrected chi connectivity index (χ3v) is 12.2. The molecule has 286 valence electrons. The SMILES string of the molecule is c1cc(N(c2ccc(-c3ccc(-c4ccc5ccccc5c4)cc3)cc2)c2ccccc2-c2ccc3c(c2)oc2ccccc23)cc(-n2c3ccccc3c3ccccc32)c1. The summed E-state index contributed by atoms with van der Waals surface area (Å²) in [7, 11) is 0. The predicted octanol–water partition coefficient (Wildman–Crippen LogP) is 16.3. The van der Waals surface area contributed by atoms with Crippen molar-refractivity contribution in [2.75, 3.05) is 4.90 Å². The highest BCUT2D eigenvalue weighted by Crippen LogP contribution is 2.44. The van der Waals surface area contributed by atoms with Crippen molar-refractivity contribution in [2.45, 2.75) is 0 Å².